The predicted octanol–water partition coefficient (Wildman–Crippen LogP) is 3.22. The van der Waals surface area contributed by atoms with Crippen LogP contribution in [0, 0.1) is 5.92 Å². The van der Waals surface area contributed by atoms with Crippen LogP contribution in [-0.2, 0) is 16.4 Å². The van der Waals surface area contributed by atoms with Crippen LogP contribution in [0.3, 0.4) is 0 Å². The maximum atomic E-state index is 13.6. The van der Waals surface area contributed by atoms with Crippen LogP contribution < -0.4 is 10.6 Å². The van der Waals surface area contributed by atoms with E-state index in [0.717, 1.165) is 10.3 Å². The van der Waals surface area contributed by atoms with Crippen LogP contribution in [0.5, 0.6) is 0 Å². The standard InChI is InChI=1S/C23H30N4O5S2/c1-15(2)13-27(14-20(28)19(26-23(29)30)11-16-7-5-4-6-8-16)34(31,32)17-9-10-18-21(12-17)33-22(24-3)25-18/h4-10,12,15,19-20,26,28H,11,13-14H2,1-3H3,(H,24,25)(H,29,30)/t19-,20+/m0/s1. The summed E-state index contributed by atoms with van der Waals surface area (Å²) in [7, 11) is -2.21. The predicted molar refractivity (Wildman–Crippen MR) is 134 cm³/mol. The lowest BCUT2D eigenvalue weighted by molar-refractivity contribution is 0.0980. The summed E-state index contributed by atoms with van der Waals surface area (Å²) in [6.07, 6.45) is -2.31. The molecule has 34 heavy (non-hydrogen) atoms. The van der Waals surface area contributed by atoms with E-state index in [1.165, 1.54) is 21.7 Å². The number of fused-ring (bicyclic) bond motifs is 1. The van der Waals surface area contributed by atoms with Gasteiger partial charge in [0.05, 0.1) is 27.3 Å². The van der Waals surface area contributed by atoms with Crippen LogP contribution in [0.4, 0.5) is 9.93 Å². The molecule has 0 aliphatic heterocycles. The Hall–Kier alpha value is -2.73. The lowest BCUT2D eigenvalue weighted by Crippen LogP contribution is -2.50. The average Bonchev–Trinajstić information content (AvgIpc) is 3.21. The molecule has 0 spiro atoms. The van der Waals surface area contributed by atoms with E-state index in [9.17, 15) is 23.4 Å². The number of benzene rings is 2. The van der Waals surface area contributed by atoms with Crippen LogP contribution in [0.15, 0.2) is 53.4 Å². The summed E-state index contributed by atoms with van der Waals surface area (Å²) >= 11 is 1.35. The third kappa shape index (κ3) is 6.44. The smallest absolute Gasteiger partial charge is 0.404 e. The maximum Gasteiger partial charge on any atom is 0.404 e. The molecule has 2 aromatic carbocycles. The van der Waals surface area contributed by atoms with Crippen molar-refractivity contribution in [3.8, 4) is 0 Å². The van der Waals surface area contributed by atoms with Gasteiger partial charge in [-0.1, -0.05) is 55.5 Å². The van der Waals surface area contributed by atoms with Crippen molar-refractivity contribution in [3.63, 3.8) is 0 Å². The monoisotopic (exact) mass is 506 g/mol. The van der Waals surface area contributed by atoms with Crippen molar-refractivity contribution in [3.05, 3.63) is 54.1 Å². The number of aromatic nitrogens is 1. The second-order valence-corrected chi connectivity index (χ2v) is 11.4. The normalized spacial score (nSPS) is 13.8. The van der Waals surface area contributed by atoms with Crippen molar-refractivity contribution >= 4 is 42.8 Å². The third-order valence-electron chi connectivity index (χ3n) is 5.24. The number of sulfonamides is 1. The number of aliphatic hydroxyl groups is 1. The minimum absolute atomic E-state index is 0.00925. The van der Waals surface area contributed by atoms with E-state index in [2.05, 4.69) is 15.6 Å². The zero-order valence-corrected chi connectivity index (χ0v) is 20.9. The summed E-state index contributed by atoms with van der Waals surface area (Å²) in [5, 5.41) is 26.2. The highest BCUT2D eigenvalue weighted by atomic mass is 32.2. The Kier molecular flexibility index (Phi) is 8.47. The molecule has 1 amide bonds. The van der Waals surface area contributed by atoms with Crippen molar-refractivity contribution in [2.75, 3.05) is 25.5 Å². The summed E-state index contributed by atoms with van der Waals surface area (Å²) in [5.74, 6) is -0.00925. The number of thiazole rings is 1. The molecule has 1 heterocycles. The van der Waals surface area contributed by atoms with Crippen molar-refractivity contribution in [1.82, 2.24) is 14.6 Å². The first-order valence-electron chi connectivity index (χ1n) is 10.9. The molecule has 1 aromatic heterocycles. The van der Waals surface area contributed by atoms with E-state index >= 15 is 0 Å². The Morgan fingerprint density at radius 3 is 2.47 bits per heavy atom. The molecule has 0 fully saturated rings. The average molecular weight is 507 g/mol. The van der Waals surface area contributed by atoms with Gasteiger partial charge in [-0.05, 0) is 36.1 Å². The summed E-state index contributed by atoms with van der Waals surface area (Å²) in [5.41, 5.74) is 1.52. The second-order valence-electron chi connectivity index (χ2n) is 8.43. The minimum atomic E-state index is -3.96. The zero-order chi connectivity index (χ0) is 24.9. The van der Waals surface area contributed by atoms with Gasteiger partial charge >= 0.3 is 6.09 Å². The van der Waals surface area contributed by atoms with Gasteiger partial charge in [-0.15, -0.1) is 0 Å². The van der Waals surface area contributed by atoms with E-state index in [1.807, 2.05) is 44.2 Å². The molecule has 0 radical (unpaired) electrons. The zero-order valence-electron chi connectivity index (χ0n) is 19.3. The van der Waals surface area contributed by atoms with Gasteiger partial charge in [0.1, 0.15) is 0 Å². The first kappa shape index (κ1) is 25.9. The lowest BCUT2D eigenvalue weighted by Gasteiger charge is -2.30. The number of carboxylic acid groups (broad SMARTS) is 1. The topological polar surface area (TPSA) is 132 Å². The number of aliphatic hydroxyl groups excluding tert-OH is 1. The van der Waals surface area contributed by atoms with Crippen LogP contribution in [-0.4, -0.2) is 66.3 Å². The second kappa shape index (κ2) is 11.1. The maximum absolute atomic E-state index is 13.6. The highest BCUT2D eigenvalue weighted by Gasteiger charge is 2.31. The van der Waals surface area contributed by atoms with Gasteiger partial charge < -0.3 is 20.8 Å². The SMILES string of the molecule is CNc1nc2ccc(S(=O)(=O)N(CC(C)C)C[C@@H](O)[C@H](Cc3ccccc3)NC(=O)O)cc2s1. The molecule has 4 N–H and O–H groups in total. The van der Waals surface area contributed by atoms with Gasteiger partial charge in [0.25, 0.3) is 0 Å². The fourth-order valence-electron chi connectivity index (χ4n) is 3.65. The Morgan fingerprint density at radius 2 is 1.85 bits per heavy atom. The molecular weight excluding hydrogens is 476 g/mol. The molecule has 0 unspecified atom stereocenters. The number of hydrogen-bond donors (Lipinski definition) is 4. The molecule has 11 heteroatoms. The van der Waals surface area contributed by atoms with Gasteiger partial charge in [0.2, 0.25) is 10.0 Å². The highest BCUT2D eigenvalue weighted by molar-refractivity contribution is 7.89. The van der Waals surface area contributed by atoms with Crippen LogP contribution in [0.25, 0.3) is 10.2 Å². The van der Waals surface area contributed by atoms with Crippen molar-refractivity contribution in [1.29, 1.82) is 0 Å². The quantitative estimate of drug-likeness (QED) is 0.314. The molecule has 0 saturated heterocycles. The first-order chi connectivity index (χ1) is 16.1. The fourth-order valence-corrected chi connectivity index (χ4v) is 6.23. The highest BCUT2D eigenvalue weighted by Crippen LogP contribution is 2.29. The molecule has 3 aromatic rings. The van der Waals surface area contributed by atoms with Gasteiger partial charge in [0.15, 0.2) is 5.13 Å². The van der Waals surface area contributed by atoms with E-state index in [4.69, 9.17) is 0 Å². The molecule has 0 aliphatic carbocycles. The third-order valence-corrected chi connectivity index (χ3v) is 8.11. The van der Waals surface area contributed by atoms with Gasteiger partial charge in [0, 0.05) is 20.1 Å². The molecule has 2 atom stereocenters. The Balaban J connectivity index is 1.89. The molecule has 0 saturated carbocycles. The van der Waals surface area contributed by atoms with Crippen LogP contribution >= 0.6 is 11.3 Å². The van der Waals surface area contributed by atoms with Gasteiger partial charge in [-0.25, -0.2) is 18.2 Å². The van der Waals surface area contributed by atoms with Crippen molar-refractivity contribution < 1.29 is 23.4 Å². The first-order valence-corrected chi connectivity index (χ1v) is 13.2. The lowest BCUT2D eigenvalue weighted by atomic mass is 10.0. The van der Waals surface area contributed by atoms with E-state index in [-0.39, 0.29) is 30.3 Å². The van der Waals surface area contributed by atoms with Gasteiger partial charge in [-0.2, -0.15) is 4.31 Å². The summed E-state index contributed by atoms with van der Waals surface area (Å²) in [4.78, 5) is 15.9. The Morgan fingerprint density at radius 1 is 1.15 bits per heavy atom. The number of amides is 1. The summed E-state index contributed by atoms with van der Waals surface area (Å²) in [6.45, 7) is 3.70. The number of nitrogens with one attached hydrogen (secondary N) is 2. The number of anilines is 1. The van der Waals surface area contributed by atoms with Crippen molar-refractivity contribution in [2.45, 2.75) is 37.3 Å². The number of nitrogens with zero attached hydrogens (tertiary/aromatic N) is 2. The number of hydrogen-bond acceptors (Lipinski definition) is 7. The van der Waals surface area contributed by atoms with Gasteiger partial charge in [-0.3, -0.25) is 0 Å². The molecule has 9 nitrogen and oxygen atoms in total. The fraction of sp³-hybridized carbons (Fsp3) is 0.391. The number of rotatable bonds is 11. The van der Waals surface area contributed by atoms with Crippen molar-refractivity contribution in [2.24, 2.45) is 5.92 Å². The molecule has 0 aliphatic rings. The Bertz CT molecular complexity index is 1210. The van der Waals surface area contributed by atoms with E-state index in [1.54, 1.807) is 19.2 Å². The summed E-state index contributed by atoms with van der Waals surface area (Å²) in [6, 6.07) is 13.0. The molecule has 184 valence electrons. The Labute approximate surface area is 203 Å². The minimum Gasteiger partial charge on any atom is -0.465 e. The van der Waals surface area contributed by atoms with E-state index in [0.29, 0.717) is 10.6 Å². The van der Waals surface area contributed by atoms with Crippen LogP contribution in [0.1, 0.15) is 19.4 Å². The number of carbonyl (C=O) groups is 1. The molecule has 0 bridgehead atoms. The van der Waals surface area contributed by atoms with Crippen LogP contribution in [0.2, 0.25) is 0 Å². The molecular formula is C23H30N4O5S2. The largest absolute Gasteiger partial charge is 0.465 e. The molecule has 3 rings (SSSR count). The van der Waals surface area contributed by atoms with E-state index < -0.39 is 28.3 Å². The summed E-state index contributed by atoms with van der Waals surface area (Å²) < 4.78 is 29.1.